The van der Waals surface area contributed by atoms with E-state index in [0.717, 1.165) is 21.9 Å². The molecule has 0 aliphatic heterocycles. The molecule has 0 saturated carbocycles. The smallest absolute Gasteiger partial charge is 0.258 e. The van der Waals surface area contributed by atoms with Gasteiger partial charge < -0.3 is 4.57 Å². The first-order valence-electron chi connectivity index (χ1n) is 7.35. The van der Waals surface area contributed by atoms with E-state index in [2.05, 4.69) is 4.98 Å². The molecule has 112 valence electrons. The minimum Gasteiger partial charge on any atom is -0.310 e. The monoisotopic (exact) mass is 320 g/mol. The van der Waals surface area contributed by atoms with Crippen molar-refractivity contribution >= 4 is 33.3 Å². The predicted octanol–water partition coefficient (Wildman–Crippen LogP) is 4.25. The molecule has 0 radical (unpaired) electrons. The molecule has 4 rings (SSSR count). The summed E-state index contributed by atoms with van der Waals surface area (Å²) in [6.45, 7) is 0.403. The molecule has 0 amide bonds. The van der Waals surface area contributed by atoms with E-state index >= 15 is 0 Å². The van der Waals surface area contributed by atoms with Crippen molar-refractivity contribution in [1.29, 1.82) is 0 Å². The van der Waals surface area contributed by atoms with Crippen LogP contribution in [0.1, 0.15) is 5.56 Å². The molecular formula is C19H13ClN2O. The van der Waals surface area contributed by atoms with Crippen LogP contribution in [0, 0.1) is 0 Å². The Hall–Kier alpha value is -2.65. The summed E-state index contributed by atoms with van der Waals surface area (Å²) in [5.41, 5.74) is 1.67. The number of aromatic nitrogens is 2. The first-order valence-corrected chi connectivity index (χ1v) is 7.72. The van der Waals surface area contributed by atoms with Crippen molar-refractivity contribution in [1.82, 2.24) is 9.55 Å². The number of pyridine rings is 2. The standard InChI is InChI=1S/C19H13ClN2O/c20-18-15(11-14-6-2-4-8-17(14)21-18)12-22-10-9-13-5-1-3-7-16(13)19(22)23/h1-11H,12H2. The molecule has 0 N–H and O–H groups in total. The molecule has 3 nitrogen and oxygen atoms in total. The minimum absolute atomic E-state index is 0.0210. The molecule has 23 heavy (non-hydrogen) atoms. The van der Waals surface area contributed by atoms with Crippen molar-refractivity contribution in [3.63, 3.8) is 0 Å². The molecule has 4 heteroatoms. The van der Waals surface area contributed by atoms with Crippen LogP contribution >= 0.6 is 11.6 Å². The summed E-state index contributed by atoms with van der Waals surface area (Å²) in [7, 11) is 0. The Morgan fingerprint density at radius 3 is 2.57 bits per heavy atom. The molecule has 0 atom stereocenters. The third-order valence-electron chi connectivity index (χ3n) is 3.98. The van der Waals surface area contributed by atoms with E-state index in [1.165, 1.54) is 0 Å². The highest BCUT2D eigenvalue weighted by Crippen LogP contribution is 2.21. The van der Waals surface area contributed by atoms with E-state index in [-0.39, 0.29) is 5.56 Å². The zero-order valence-corrected chi connectivity index (χ0v) is 13.0. The van der Waals surface area contributed by atoms with Gasteiger partial charge >= 0.3 is 0 Å². The maximum absolute atomic E-state index is 12.6. The Bertz CT molecular complexity index is 1090. The van der Waals surface area contributed by atoms with Gasteiger partial charge in [-0.1, -0.05) is 48.0 Å². The van der Waals surface area contributed by atoms with Crippen molar-refractivity contribution in [2.45, 2.75) is 6.54 Å². The summed E-state index contributed by atoms with van der Waals surface area (Å²) in [6.07, 6.45) is 1.80. The van der Waals surface area contributed by atoms with Crippen LogP contribution in [0.2, 0.25) is 5.15 Å². The second-order valence-corrected chi connectivity index (χ2v) is 5.83. The summed E-state index contributed by atoms with van der Waals surface area (Å²) in [4.78, 5) is 17.0. The Morgan fingerprint density at radius 1 is 0.957 bits per heavy atom. The number of rotatable bonds is 2. The van der Waals surface area contributed by atoms with Gasteiger partial charge in [-0.3, -0.25) is 4.79 Å². The number of para-hydroxylation sites is 1. The number of hydrogen-bond donors (Lipinski definition) is 0. The van der Waals surface area contributed by atoms with Gasteiger partial charge in [-0.05, 0) is 29.7 Å². The zero-order valence-electron chi connectivity index (χ0n) is 12.2. The predicted molar refractivity (Wildman–Crippen MR) is 94.1 cm³/mol. The molecule has 2 aromatic carbocycles. The normalized spacial score (nSPS) is 11.2. The SMILES string of the molecule is O=c1c2ccccc2ccn1Cc1cc2ccccc2nc1Cl. The summed E-state index contributed by atoms with van der Waals surface area (Å²) >= 11 is 6.30. The van der Waals surface area contributed by atoms with Gasteiger partial charge in [0.1, 0.15) is 5.15 Å². The lowest BCUT2D eigenvalue weighted by Crippen LogP contribution is -2.20. The summed E-state index contributed by atoms with van der Waals surface area (Å²) in [5, 5.41) is 3.10. The molecule has 0 unspecified atom stereocenters. The van der Waals surface area contributed by atoms with E-state index in [9.17, 15) is 4.79 Å². The fraction of sp³-hybridized carbons (Fsp3) is 0.0526. The Labute approximate surface area is 137 Å². The van der Waals surface area contributed by atoms with E-state index in [0.29, 0.717) is 17.1 Å². The van der Waals surface area contributed by atoms with Gasteiger partial charge in [0, 0.05) is 22.5 Å². The third kappa shape index (κ3) is 2.49. The van der Waals surface area contributed by atoms with Gasteiger partial charge in [-0.2, -0.15) is 0 Å². The lowest BCUT2D eigenvalue weighted by molar-refractivity contribution is 0.766. The van der Waals surface area contributed by atoms with Crippen LogP contribution in [0.25, 0.3) is 21.7 Å². The summed E-state index contributed by atoms with van der Waals surface area (Å²) in [6, 6.07) is 19.3. The number of halogens is 1. The second-order valence-electron chi connectivity index (χ2n) is 5.47. The molecule has 2 aromatic heterocycles. The lowest BCUT2D eigenvalue weighted by Gasteiger charge is -2.10. The Morgan fingerprint density at radius 2 is 1.70 bits per heavy atom. The molecule has 4 aromatic rings. The van der Waals surface area contributed by atoms with Crippen LogP contribution in [0.15, 0.2) is 71.7 Å². The van der Waals surface area contributed by atoms with Gasteiger partial charge in [0.2, 0.25) is 0 Å². The average molecular weight is 321 g/mol. The van der Waals surface area contributed by atoms with Crippen LogP contribution < -0.4 is 5.56 Å². The zero-order chi connectivity index (χ0) is 15.8. The Balaban J connectivity index is 1.83. The fourth-order valence-corrected chi connectivity index (χ4v) is 2.99. The van der Waals surface area contributed by atoms with Gasteiger partial charge in [-0.25, -0.2) is 4.98 Å². The first-order chi connectivity index (χ1) is 11.2. The van der Waals surface area contributed by atoms with Gasteiger partial charge in [0.15, 0.2) is 0 Å². The van der Waals surface area contributed by atoms with Crippen molar-refractivity contribution in [2.75, 3.05) is 0 Å². The molecule has 0 saturated heterocycles. The first kappa shape index (κ1) is 14.0. The molecule has 0 aliphatic rings. The molecule has 2 heterocycles. The summed E-state index contributed by atoms with van der Waals surface area (Å²) < 4.78 is 1.67. The maximum Gasteiger partial charge on any atom is 0.258 e. The van der Waals surface area contributed by atoms with Crippen molar-refractivity contribution < 1.29 is 0 Å². The fourth-order valence-electron chi connectivity index (χ4n) is 2.78. The second kappa shape index (κ2) is 5.52. The van der Waals surface area contributed by atoms with E-state index in [1.54, 1.807) is 10.8 Å². The van der Waals surface area contributed by atoms with E-state index in [4.69, 9.17) is 11.6 Å². The number of benzene rings is 2. The lowest BCUT2D eigenvalue weighted by atomic mass is 10.1. The van der Waals surface area contributed by atoms with Crippen LogP contribution in [-0.4, -0.2) is 9.55 Å². The molecule has 0 spiro atoms. The highest BCUT2D eigenvalue weighted by Gasteiger charge is 2.08. The van der Waals surface area contributed by atoms with Crippen LogP contribution in [0.3, 0.4) is 0 Å². The third-order valence-corrected chi connectivity index (χ3v) is 4.30. The number of nitrogens with zero attached hydrogens (tertiary/aromatic N) is 2. The highest BCUT2D eigenvalue weighted by molar-refractivity contribution is 6.30. The average Bonchev–Trinajstić information content (AvgIpc) is 2.58. The van der Waals surface area contributed by atoms with E-state index < -0.39 is 0 Å². The van der Waals surface area contributed by atoms with Crippen molar-refractivity contribution in [3.05, 3.63) is 87.9 Å². The summed E-state index contributed by atoms with van der Waals surface area (Å²) in [5.74, 6) is 0. The molecule has 0 bridgehead atoms. The van der Waals surface area contributed by atoms with Crippen LogP contribution in [0.4, 0.5) is 0 Å². The number of fused-ring (bicyclic) bond motifs is 2. The number of hydrogen-bond acceptors (Lipinski definition) is 2. The highest BCUT2D eigenvalue weighted by atomic mass is 35.5. The molecule has 0 fully saturated rings. The maximum atomic E-state index is 12.6. The topological polar surface area (TPSA) is 34.9 Å². The van der Waals surface area contributed by atoms with Gasteiger partial charge in [0.05, 0.1) is 12.1 Å². The largest absolute Gasteiger partial charge is 0.310 e. The van der Waals surface area contributed by atoms with Crippen molar-refractivity contribution in [3.8, 4) is 0 Å². The molecular weight excluding hydrogens is 308 g/mol. The Kier molecular flexibility index (Phi) is 3.36. The van der Waals surface area contributed by atoms with Crippen LogP contribution in [-0.2, 0) is 6.54 Å². The van der Waals surface area contributed by atoms with Gasteiger partial charge in [0.25, 0.3) is 5.56 Å². The minimum atomic E-state index is -0.0210. The van der Waals surface area contributed by atoms with E-state index in [1.807, 2.05) is 60.7 Å². The van der Waals surface area contributed by atoms with Crippen LogP contribution in [0.5, 0.6) is 0 Å². The quantitative estimate of drug-likeness (QED) is 0.517. The van der Waals surface area contributed by atoms with Gasteiger partial charge in [-0.15, -0.1) is 0 Å². The van der Waals surface area contributed by atoms with Crippen molar-refractivity contribution in [2.24, 2.45) is 0 Å². The molecule has 0 aliphatic carbocycles.